The first kappa shape index (κ1) is 22.9. The summed E-state index contributed by atoms with van der Waals surface area (Å²) < 4.78 is 13.3. The summed E-state index contributed by atoms with van der Waals surface area (Å²) in [5.41, 5.74) is 4.24. The van der Waals surface area contributed by atoms with Crippen LogP contribution in [-0.2, 0) is 16.0 Å². The normalized spacial score (nSPS) is 10.8. The first-order valence-electron chi connectivity index (χ1n) is 11.0. The van der Waals surface area contributed by atoms with Crippen LogP contribution in [0.25, 0.3) is 16.9 Å². The zero-order valence-corrected chi connectivity index (χ0v) is 19.3. The highest BCUT2D eigenvalue weighted by atomic mass is 16.5. The molecule has 34 heavy (non-hydrogen) atoms. The number of carbonyl (C=O) groups is 2. The standard InChI is InChI=1S/C25H25N5O4/c1-4-33-24(31)22-23(25(32)34-5-2)30(28-26-22)16-19-15-29(20-13-11-17(3)12-14-20)27-21(19)18-9-7-6-8-10-18/h6-15H,4-5,16H2,1-3H3. The molecular formula is C25H25N5O4. The second-order valence-corrected chi connectivity index (χ2v) is 7.53. The maximum absolute atomic E-state index is 12.7. The van der Waals surface area contributed by atoms with Crippen LogP contribution in [0.1, 0.15) is 46.0 Å². The van der Waals surface area contributed by atoms with Gasteiger partial charge in [-0.1, -0.05) is 53.2 Å². The minimum Gasteiger partial charge on any atom is -0.461 e. The lowest BCUT2D eigenvalue weighted by molar-refractivity contribution is 0.0467. The highest BCUT2D eigenvalue weighted by molar-refractivity contribution is 6.00. The maximum atomic E-state index is 12.7. The number of aryl methyl sites for hydroxylation is 1. The molecule has 0 N–H and O–H groups in total. The summed E-state index contributed by atoms with van der Waals surface area (Å²) >= 11 is 0. The van der Waals surface area contributed by atoms with E-state index in [0.29, 0.717) is 0 Å². The van der Waals surface area contributed by atoms with Gasteiger partial charge in [0, 0.05) is 17.3 Å². The quantitative estimate of drug-likeness (QED) is 0.369. The topological polar surface area (TPSA) is 101 Å². The maximum Gasteiger partial charge on any atom is 0.361 e. The number of ether oxygens (including phenoxy) is 2. The van der Waals surface area contributed by atoms with Gasteiger partial charge in [-0.3, -0.25) is 0 Å². The summed E-state index contributed by atoms with van der Waals surface area (Å²) in [6.45, 7) is 5.84. The van der Waals surface area contributed by atoms with E-state index in [4.69, 9.17) is 14.6 Å². The molecule has 0 bridgehead atoms. The van der Waals surface area contributed by atoms with Gasteiger partial charge in [-0.2, -0.15) is 5.10 Å². The van der Waals surface area contributed by atoms with Crippen molar-refractivity contribution in [3.8, 4) is 16.9 Å². The van der Waals surface area contributed by atoms with E-state index in [1.807, 2.05) is 67.7 Å². The molecule has 0 saturated heterocycles. The molecule has 4 rings (SSSR count). The van der Waals surface area contributed by atoms with Crippen LogP contribution < -0.4 is 0 Å². The van der Waals surface area contributed by atoms with E-state index in [2.05, 4.69) is 10.3 Å². The summed E-state index contributed by atoms with van der Waals surface area (Å²) in [5, 5.41) is 12.8. The molecule has 0 saturated carbocycles. The first-order chi connectivity index (χ1) is 16.5. The van der Waals surface area contributed by atoms with Crippen molar-refractivity contribution in [1.29, 1.82) is 0 Å². The Balaban J connectivity index is 1.79. The van der Waals surface area contributed by atoms with Crippen LogP contribution in [-0.4, -0.2) is 49.9 Å². The third-order valence-corrected chi connectivity index (χ3v) is 5.13. The molecule has 2 aromatic carbocycles. The van der Waals surface area contributed by atoms with Gasteiger partial charge >= 0.3 is 11.9 Å². The molecule has 0 fully saturated rings. The second-order valence-electron chi connectivity index (χ2n) is 7.53. The molecule has 2 aromatic heterocycles. The highest BCUT2D eigenvalue weighted by Crippen LogP contribution is 2.25. The van der Waals surface area contributed by atoms with Crippen molar-refractivity contribution in [3.63, 3.8) is 0 Å². The van der Waals surface area contributed by atoms with Gasteiger partial charge in [0.2, 0.25) is 5.69 Å². The van der Waals surface area contributed by atoms with Crippen molar-refractivity contribution in [2.75, 3.05) is 13.2 Å². The molecular weight excluding hydrogens is 434 g/mol. The van der Waals surface area contributed by atoms with Crippen LogP contribution >= 0.6 is 0 Å². The minimum absolute atomic E-state index is 0.0533. The summed E-state index contributed by atoms with van der Waals surface area (Å²) in [6, 6.07) is 17.7. The molecule has 4 aromatic rings. The number of aromatic nitrogens is 5. The summed E-state index contributed by atoms with van der Waals surface area (Å²) in [5.74, 6) is -1.42. The lowest BCUT2D eigenvalue weighted by atomic mass is 10.1. The minimum atomic E-state index is -0.726. The van der Waals surface area contributed by atoms with Crippen LogP contribution in [0.2, 0.25) is 0 Å². The molecule has 9 heteroatoms. The molecule has 0 unspecified atom stereocenters. The fourth-order valence-corrected chi connectivity index (χ4v) is 3.52. The number of benzene rings is 2. The van der Waals surface area contributed by atoms with Crippen molar-refractivity contribution in [2.45, 2.75) is 27.3 Å². The van der Waals surface area contributed by atoms with Crippen molar-refractivity contribution in [2.24, 2.45) is 0 Å². The van der Waals surface area contributed by atoms with Gasteiger partial charge in [-0.25, -0.2) is 19.0 Å². The van der Waals surface area contributed by atoms with Gasteiger partial charge < -0.3 is 9.47 Å². The zero-order valence-electron chi connectivity index (χ0n) is 19.3. The van der Waals surface area contributed by atoms with Gasteiger partial charge in [0.1, 0.15) is 0 Å². The predicted molar refractivity (Wildman–Crippen MR) is 125 cm³/mol. The lowest BCUT2D eigenvalue weighted by Crippen LogP contribution is -2.18. The van der Waals surface area contributed by atoms with E-state index < -0.39 is 11.9 Å². The Hall–Kier alpha value is -4.27. The van der Waals surface area contributed by atoms with Gasteiger partial charge in [0.05, 0.1) is 31.1 Å². The molecule has 0 radical (unpaired) electrons. The van der Waals surface area contributed by atoms with Crippen LogP contribution in [0, 0.1) is 6.92 Å². The Labute approximate surface area is 196 Å². The van der Waals surface area contributed by atoms with Crippen molar-refractivity contribution >= 4 is 11.9 Å². The molecule has 174 valence electrons. The van der Waals surface area contributed by atoms with E-state index in [9.17, 15) is 9.59 Å². The Morgan fingerprint density at radius 1 is 0.912 bits per heavy atom. The predicted octanol–water partition coefficient (Wildman–Crippen LogP) is 3.84. The van der Waals surface area contributed by atoms with Crippen molar-refractivity contribution < 1.29 is 19.1 Å². The summed E-state index contributed by atoms with van der Waals surface area (Å²) in [6.07, 6.45) is 1.88. The average Bonchev–Trinajstić information content (AvgIpc) is 3.45. The largest absolute Gasteiger partial charge is 0.461 e. The molecule has 0 aliphatic rings. The molecule has 0 spiro atoms. The van der Waals surface area contributed by atoms with Crippen molar-refractivity contribution in [3.05, 3.63) is 83.3 Å². The van der Waals surface area contributed by atoms with E-state index >= 15 is 0 Å². The molecule has 0 atom stereocenters. The fraction of sp³-hybridized carbons (Fsp3) is 0.240. The number of esters is 2. The Morgan fingerprint density at radius 2 is 1.59 bits per heavy atom. The molecule has 9 nitrogen and oxygen atoms in total. The highest BCUT2D eigenvalue weighted by Gasteiger charge is 2.28. The molecule has 0 amide bonds. The van der Waals surface area contributed by atoms with Crippen molar-refractivity contribution in [1.82, 2.24) is 24.8 Å². The van der Waals surface area contributed by atoms with Gasteiger partial charge in [-0.05, 0) is 32.9 Å². The zero-order chi connectivity index (χ0) is 24.1. The number of carbonyl (C=O) groups excluding carboxylic acids is 2. The summed E-state index contributed by atoms with van der Waals surface area (Å²) in [7, 11) is 0. The first-order valence-corrected chi connectivity index (χ1v) is 11.0. The Bertz CT molecular complexity index is 1290. The number of rotatable bonds is 8. The average molecular weight is 460 g/mol. The van der Waals surface area contributed by atoms with Crippen LogP contribution in [0.5, 0.6) is 0 Å². The van der Waals surface area contributed by atoms with E-state index in [0.717, 1.165) is 28.1 Å². The fourth-order valence-electron chi connectivity index (χ4n) is 3.52. The molecule has 2 heterocycles. The van der Waals surface area contributed by atoms with E-state index in [1.165, 1.54) is 4.68 Å². The van der Waals surface area contributed by atoms with E-state index in [1.54, 1.807) is 18.5 Å². The third kappa shape index (κ3) is 4.73. The Morgan fingerprint density at radius 3 is 2.26 bits per heavy atom. The Kier molecular flexibility index (Phi) is 6.82. The van der Waals surface area contributed by atoms with Crippen LogP contribution in [0.3, 0.4) is 0 Å². The lowest BCUT2D eigenvalue weighted by Gasteiger charge is -2.07. The van der Waals surface area contributed by atoms with Crippen LogP contribution in [0.15, 0.2) is 60.8 Å². The van der Waals surface area contributed by atoms with Gasteiger partial charge in [0.25, 0.3) is 0 Å². The smallest absolute Gasteiger partial charge is 0.361 e. The number of nitrogens with zero attached hydrogens (tertiary/aromatic N) is 5. The van der Waals surface area contributed by atoms with E-state index in [-0.39, 0.29) is 31.1 Å². The summed E-state index contributed by atoms with van der Waals surface area (Å²) in [4.78, 5) is 25.1. The third-order valence-electron chi connectivity index (χ3n) is 5.13. The van der Waals surface area contributed by atoms with Gasteiger partial charge in [0.15, 0.2) is 5.69 Å². The second kappa shape index (κ2) is 10.1. The molecule has 0 aliphatic carbocycles. The van der Waals surface area contributed by atoms with Gasteiger partial charge in [-0.15, -0.1) is 5.10 Å². The number of hydrogen-bond donors (Lipinski definition) is 0. The monoisotopic (exact) mass is 459 g/mol. The molecule has 0 aliphatic heterocycles. The SMILES string of the molecule is CCOC(=O)c1nnn(Cc2cn(-c3ccc(C)cc3)nc2-c2ccccc2)c1C(=O)OCC. The number of hydrogen-bond acceptors (Lipinski definition) is 7. The van der Waals surface area contributed by atoms with Crippen LogP contribution in [0.4, 0.5) is 0 Å².